The average molecular weight is 178 g/mol. The van der Waals surface area contributed by atoms with Crippen molar-refractivity contribution in [1.29, 1.82) is 0 Å². The van der Waals surface area contributed by atoms with Crippen LogP contribution >= 0.6 is 11.8 Å². The topological polar surface area (TPSA) is 17.3 Å². The monoisotopic (exact) mass is 178 g/mol. The van der Waals surface area contributed by atoms with Crippen LogP contribution in [0.5, 0.6) is 0 Å². The molecule has 0 radical (unpaired) electrons. The molecule has 0 aliphatic carbocycles. The third-order valence-corrected chi connectivity index (χ3v) is 2.57. The zero-order valence-corrected chi connectivity index (χ0v) is 7.71. The van der Waals surface area contributed by atoms with Crippen LogP contribution in [0.25, 0.3) is 5.52 Å². The second-order valence-corrected chi connectivity index (χ2v) is 3.75. The Labute approximate surface area is 75.6 Å². The second-order valence-electron chi connectivity index (χ2n) is 2.46. The van der Waals surface area contributed by atoms with Gasteiger partial charge in [-0.25, -0.2) is 4.52 Å². The molecule has 0 amide bonds. The lowest BCUT2D eigenvalue weighted by Gasteiger charge is -2.00. The van der Waals surface area contributed by atoms with Crippen molar-refractivity contribution in [1.82, 2.24) is 9.61 Å². The molecule has 2 aromatic rings. The Bertz CT molecular complexity index is 381. The third kappa shape index (κ3) is 1.20. The Kier molecular flexibility index (Phi) is 2.04. The molecule has 2 rings (SSSR count). The molecular formula is C9H10N2S. The fraction of sp³-hybridized carbons (Fsp3) is 0.222. The van der Waals surface area contributed by atoms with E-state index in [2.05, 4.69) is 30.2 Å². The second kappa shape index (κ2) is 3.19. The van der Waals surface area contributed by atoms with Crippen LogP contribution in [-0.2, 0) is 0 Å². The zero-order chi connectivity index (χ0) is 8.39. The van der Waals surface area contributed by atoms with Crippen molar-refractivity contribution in [2.75, 3.05) is 5.75 Å². The lowest BCUT2D eigenvalue weighted by molar-refractivity contribution is 0.862. The number of thioether (sulfide) groups is 1. The summed E-state index contributed by atoms with van der Waals surface area (Å²) in [6.07, 6.45) is 1.83. The SMILES string of the molecule is CCSc1cccc2ccnn12. The highest BCUT2D eigenvalue weighted by molar-refractivity contribution is 7.99. The van der Waals surface area contributed by atoms with Gasteiger partial charge in [-0.1, -0.05) is 13.0 Å². The lowest BCUT2D eigenvalue weighted by Crippen LogP contribution is -1.90. The smallest absolute Gasteiger partial charge is 0.0982 e. The molecule has 0 spiro atoms. The summed E-state index contributed by atoms with van der Waals surface area (Å²) in [5.74, 6) is 1.08. The van der Waals surface area contributed by atoms with E-state index in [1.165, 1.54) is 5.03 Å². The molecule has 62 valence electrons. The lowest BCUT2D eigenvalue weighted by atomic mass is 10.4. The van der Waals surface area contributed by atoms with Crippen LogP contribution in [0.1, 0.15) is 6.92 Å². The molecule has 0 bridgehead atoms. The number of pyridine rings is 1. The van der Waals surface area contributed by atoms with Crippen LogP contribution in [0.2, 0.25) is 0 Å². The number of fused-ring (bicyclic) bond motifs is 1. The Morgan fingerprint density at radius 1 is 1.42 bits per heavy atom. The molecule has 3 heteroatoms. The summed E-state index contributed by atoms with van der Waals surface area (Å²) < 4.78 is 1.97. The van der Waals surface area contributed by atoms with Crippen molar-refractivity contribution >= 4 is 17.3 Å². The van der Waals surface area contributed by atoms with Gasteiger partial charge in [0.25, 0.3) is 0 Å². The minimum atomic E-state index is 1.08. The van der Waals surface area contributed by atoms with Gasteiger partial charge in [0.05, 0.1) is 16.7 Å². The van der Waals surface area contributed by atoms with Crippen molar-refractivity contribution in [3.8, 4) is 0 Å². The summed E-state index contributed by atoms with van der Waals surface area (Å²) in [4.78, 5) is 0. The summed E-state index contributed by atoms with van der Waals surface area (Å²) in [6.45, 7) is 2.15. The number of nitrogens with zero attached hydrogens (tertiary/aromatic N) is 2. The van der Waals surface area contributed by atoms with E-state index in [9.17, 15) is 0 Å². The highest BCUT2D eigenvalue weighted by Gasteiger charge is 1.98. The van der Waals surface area contributed by atoms with E-state index >= 15 is 0 Å². The number of hydrogen-bond donors (Lipinski definition) is 0. The van der Waals surface area contributed by atoms with E-state index in [1.54, 1.807) is 0 Å². The standard InChI is InChI=1S/C9H10N2S/c1-2-12-9-5-3-4-8-6-7-10-11(8)9/h3-7H,2H2,1H3. The van der Waals surface area contributed by atoms with E-state index in [0.29, 0.717) is 0 Å². The number of rotatable bonds is 2. The van der Waals surface area contributed by atoms with E-state index in [0.717, 1.165) is 11.3 Å². The van der Waals surface area contributed by atoms with E-state index in [4.69, 9.17) is 0 Å². The van der Waals surface area contributed by atoms with E-state index in [-0.39, 0.29) is 0 Å². The Morgan fingerprint density at radius 2 is 2.33 bits per heavy atom. The van der Waals surface area contributed by atoms with Gasteiger partial charge in [-0.2, -0.15) is 5.10 Å². The summed E-state index contributed by atoms with van der Waals surface area (Å²) >= 11 is 1.81. The predicted molar refractivity (Wildman–Crippen MR) is 51.6 cm³/mol. The van der Waals surface area contributed by atoms with Gasteiger partial charge in [-0.15, -0.1) is 11.8 Å². The highest BCUT2D eigenvalue weighted by atomic mass is 32.2. The maximum Gasteiger partial charge on any atom is 0.0982 e. The molecule has 2 aromatic heterocycles. The Hall–Kier alpha value is -0.960. The molecule has 0 aliphatic heterocycles. The average Bonchev–Trinajstić information content (AvgIpc) is 2.53. The normalized spacial score (nSPS) is 10.8. The maximum atomic E-state index is 4.23. The van der Waals surface area contributed by atoms with Crippen molar-refractivity contribution < 1.29 is 0 Å². The first-order chi connectivity index (χ1) is 5.92. The fourth-order valence-corrected chi connectivity index (χ4v) is 1.93. The molecule has 0 saturated carbocycles. The van der Waals surface area contributed by atoms with Gasteiger partial charge < -0.3 is 0 Å². The molecule has 2 heterocycles. The largest absolute Gasteiger partial charge is 0.227 e. The van der Waals surface area contributed by atoms with Crippen LogP contribution < -0.4 is 0 Å². The van der Waals surface area contributed by atoms with Crippen LogP contribution in [0.15, 0.2) is 35.5 Å². The minimum Gasteiger partial charge on any atom is -0.227 e. The maximum absolute atomic E-state index is 4.23. The molecule has 0 saturated heterocycles. The van der Waals surface area contributed by atoms with Crippen LogP contribution in [0.3, 0.4) is 0 Å². The molecule has 0 N–H and O–H groups in total. The van der Waals surface area contributed by atoms with Crippen LogP contribution in [0, 0.1) is 0 Å². The van der Waals surface area contributed by atoms with Crippen molar-refractivity contribution in [2.24, 2.45) is 0 Å². The molecule has 0 fully saturated rings. The van der Waals surface area contributed by atoms with Gasteiger partial charge in [0, 0.05) is 0 Å². The van der Waals surface area contributed by atoms with Gasteiger partial charge in [-0.3, -0.25) is 0 Å². The van der Waals surface area contributed by atoms with Gasteiger partial charge in [-0.05, 0) is 24.0 Å². The summed E-state index contributed by atoms with van der Waals surface area (Å²) in [5, 5.41) is 5.44. The summed E-state index contributed by atoms with van der Waals surface area (Å²) in [7, 11) is 0. The Balaban J connectivity index is 2.57. The molecule has 12 heavy (non-hydrogen) atoms. The van der Waals surface area contributed by atoms with Crippen LogP contribution in [-0.4, -0.2) is 15.4 Å². The molecule has 0 unspecified atom stereocenters. The van der Waals surface area contributed by atoms with Gasteiger partial charge in [0.2, 0.25) is 0 Å². The quantitative estimate of drug-likeness (QED) is 0.657. The molecule has 0 aromatic carbocycles. The van der Waals surface area contributed by atoms with Crippen LogP contribution in [0.4, 0.5) is 0 Å². The van der Waals surface area contributed by atoms with E-state index < -0.39 is 0 Å². The summed E-state index contributed by atoms with van der Waals surface area (Å²) in [6, 6.07) is 8.23. The van der Waals surface area contributed by atoms with Gasteiger partial charge >= 0.3 is 0 Å². The highest BCUT2D eigenvalue weighted by Crippen LogP contribution is 2.17. The number of aromatic nitrogens is 2. The first kappa shape index (κ1) is 7.68. The molecule has 0 atom stereocenters. The van der Waals surface area contributed by atoms with Gasteiger partial charge in [0.15, 0.2) is 0 Å². The summed E-state index contributed by atoms with van der Waals surface area (Å²) in [5.41, 5.74) is 1.16. The zero-order valence-electron chi connectivity index (χ0n) is 6.90. The van der Waals surface area contributed by atoms with E-state index in [1.807, 2.05) is 28.5 Å². The third-order valence-electron chi connectivity index (χ3n) is 1.68. The Morgan fingerprint density at radius 3 is 3.17 bits per heavy atom. The molecular weight excluding hydrogens is 168 g/mol. The predicted octanol–water partition coefficient (Wildman–Crippen LogP) is 2.45. The first-order valence-corrected chi connectivity index (χ1v) is 4.96. The van der Waals surface area contributed by atoms with Crippen molar-refractivity contribution in [3.63, 3.8) is 0 Å². The molecule has 0 aliphatic rings. The van der Waals surface area contributed by atoms with Crippen molar-refractivity contribution in [3.05, 3.63) is 30.5 Å². The first-order valence-electron chi connectivity index (χ1n) is 3.97. The number of hydrogen-bond acceptors (Lipinski definition) is 2. The fourth-order valence-electron chi connectivity index (χ4n) is 1.18. The minimum absolute atomic E-state index is 1.08. The molecule has 2 nitrogen and oxygen atoms in total. The van der Waals surface area contributed by atoms with Gasteiger partial charge in [0.1, 0.15) is 0 Å². The van der Waals surface area contributed by atoms with Crippen molar-refractivity contribution in [2.45, 2.75) is 11.9 Å².